The zero-order chi connectivity index (χ0) is 14.8. The largest absolute Gasteiger partial charge is 0.497 e. The second kappa shape index (κ2) is 5.50. The second-order valence-electron chi connectivity index (χ2n) is 3.97. The third kappa shape index (κ3) is 2.60. The van der Waals surface area contributed by atoms with Gasteiger partial charge in [0.05, 0.1) is 19.1 Å². The van der Waals surface area contributed by atoms with Crippen molar-refractivity contribution in [3.63, 3.8) is 0 Å². The molecule has 4 nitrogen and oxygen atoms in total. The number of hydrogen-bond acceptors (Lipinski definition) is 4. The van der Waals surface area contributed by atoms with Crippen molar-refractivity contribution in [3.8, 4) is 11.5 Å². The van der Waals surface area contributed by atoms with Gasteiger partial charge in [-0.15, -0.1) is 0 Å². The highest BCUT2D eigenvalue weighted by molar-refractivity contribution is 7.91. The molecule has 0 atom stereocenters. The first-order valence-electron chi connectivity index (χ1n) is 5.71. The summed E-state index contributed by atoms with van der Waals surface area (Å²) < 4.78 is 48.1. The van der Waals surface area contributed by atoms with Crippen LogP contribution in [0.1, 0.15) is 0 Å². The van der Waals surface area contributed by atoms with E-state index in [2.05, 4.69) is 0 Å². The van der Waals surface area contributed by atoms with E-state index < -0.39 is 15.7 Å². The molecule has 0 aliphatic heterocycles. The van der Waals surface area contributed by atoms with E-state index in [-0.39, 0.29) is 15.5 Å². The van der Waals surface area contributed by atoms with E-state index in [1.165, 1.54) is 38.5 Å². The van der Waals surface area contributed by atoms with E-state index in [9.17, 15) is 12.8 Å². The lowest BCUT2D eigenvalue weighted by molar-refractivity contribution is 0.392. The van der Waals surface area contributed by atoms with Crippen molar-refractivity contribution in [2.24, 2.45) is 0 Å². The van der Waals surface area contributed by atoms with Gasteiger partial charge in [0.25, 0.3) is 0 Å². The maximum absolute atomic E-state index is 12.9. The Hall–Kier alpha value is -2.08. The van der Waals surface area contributed by atoms with E-state index in [1.807, 2.05) is 0 Å². The van der Waals surface area contributed by atoms with Gasteiger partial charge in [-0.25, -0.2) is 12.8 Å². The molecule has 106 valence electrons. The Labute approximate surface area is 116 Å². The van der Waals surface area contributed by atoms with E-state index in [0.717, 1.165) is 12.1 Å². The van der Waals surface area contributed by atoms with E-state index in [1.54, 1.807) is 6.07 Å². The first-order valence-corrected chi connectivity index (χ1v) is 7.20. The summed E-state index contributed by atoms with van der Waals surface area (Å²) in [5.41, 5.74) is 0. The highest BCUT2D eigenvalue weighted by Gasteiger charge is 2.23. The van der Waals surface area contributed by atoms with Crippen LogP contribution in [0.25, 0.3) is 0 Å². The summed E-state index contributed by atoms with van der Waals surface area (Å²) >= 11 is 0. The van der Waals surface area contributed by atoms with Crippen LogP contribution in [0.15, 0.2) is 52.3 Å². The van der Waals surface area contributed by atoms with Gasteiger partial charge >= 0.3 is 0 Å². The van der Waals surface area contributed by atoms with E-state index in [4.69, 9.17) is 9.47 Å². The summed E-state index contributed by atoms with van der Waals surface area (Å²) in [6.07, 6.45) is 0. The highest BCUT2D eigenvalue weighted by atomic mass is 32.2. The first-order chi connectivity index (χ1) is 9.48. The van der Waals surface area contributed by atoms with Crippen LogP contribution in [0.5, 0.6) is 11.5 Å². The van der Waals surface area contributed by atoms with Gasteiger partial charge in [0.15, 0.2) is 0 Å². The molecule has 0 fully saturated rings. The van der Waals surface area contributed by atoms with Crippen LogP contribution in [-0.2, 0) is 9.84 Å². The molecule has 0 bridgehead atoms. The Bertz CT molecular complexity index is 708. The van der Waals surface area contributed by atoms with Crippen LogP contribution in [-0.4, -0.2) is 22.6 Å². The minimum absolute atomic E-state index is 0.00884. The predicted octanol–water partition coefficient (Wildman–Crippen LogP) is 2.68. The van der Waals surface area contributed by atoms with Gasteiger partial charge < -0.3 is 9.47 Å². The molecule has 0 saturated carbocycles. The number of ether oxygens (including phenoxy) is 2. The molecule has 2 aromatic rings. The third-order valence-corrected chi connectivity index (χ3v) is 4.58. The molecule has 20 heavy (non-hydrogen) atoms. The normalized spacial score (nSPS) is 11.2. The van der Waals surface area contributed by atoms with Crippen LogP contribution < -0.4 is 9.47 Å². The molecular weight excluding hydrogens is 283 g/mol. The minimum atomic E-state index is -3.80. The third-order valence-electron chi connectivity index (χ3n) is 2.78. The Morgan fingerprint density at radius 3 is 2.15 bits per heavy atom. The fourth-order valence-electron chi connectivity index (χ4n) is 1.73. The molecule has 0 heterocycles. The van der Waals surface area contributed by atoms with Gasteiger partial charge in [-0.1, -0.05) is 0 Å². The van der Waals surface area contributed by atoms with Gasteiger partial charge in [0.1, 0.15) is 22.2 Å². The summed E-state index contributed by atoms with van der Waals surface area (Å²) in [4.78, 5) is -0.0311. The van der Waals surface area contributed by atoms with Crippen LogP contribution in [0.4, 0.5) is 4.39 Å². The molecular formula is C14H13FO4S. The summed E-state index contributed by atoms with van der Waals surface area (Å²) in [6, 6.07) is 9.10. The molecule has 0 N–H and O–H groups in total. The molecule has 2 aromatic carbocycles. The molecule has 0 unspecified atom stereocenters. The Kier molecular flexibility index (Phi) is 3.94. The quantitative estimate of drug-likeness (QED) is 0.814. The first kappa shape index (κ1) is 14.3. The number of hydrogen-bond donors (Lipinski definition) is 0. The Balaban J connectivity index is 2.61. The van der Waals surface area contributed by atoms with Crippen molar-refractivity contribution in [3.05, 3.63) is 48.3 Å². The molecule has 0 radical (unpaired) electrons. The fraction of sp³-hybridized carbons (Fsp3) is 0.143. The Morgan fingerprint density at radius 2 is 1.60 bits per heavy atom. The minimum Gasteiger partial charge on any atom is -0.497 e. The van der Waals surface area contributed by atoms with Crippen molar-refractivity contribution in [1.82, 2.24) is 0 Å². The van der Waals surface area contributed by atoms with Gasteiger partial charge in [0, 0.05) is 6.07 Å². The van der Waals surface area contributed by atoms with Crippen molar-refractivity contribution in [1.29, 1.82) is 0 Å². The molecule has 0 spiro atoms. The summed E-state index contributed by atoms with van der Waals surface area (Å²) in [5.74, 6) is 0.100. The molecule has 0 amide bonds. The van der Waals surface area contributed by atoms with Gasteiger partial charge in [-0.3, -0.25) is 0 Å². The lowest BCUT2D eigenvalue weighted by Crippen LogP contribution is -2.05. The number of methoxy groups -OCH3 is 2. The van der Waals surface area contributed by atoms with Crippen LogP contribution in [0.3, 0.4) is 0 Å². The number of sulfone groups is 1. The highest BCUT2D eigenvalue weighted by Crippen LogP contribution is 2.32. The maximum atomic E-state index is 12.9. The molecule has 2 rings (SSSR count). The molecule has 0 aliphatic carbocycles. The standard InChI is InChI=1S/C14H13FO4S/c1-18-11-5-8-13(19-2)14(9-11)20(16,17)12-6-3-10(15)4-7-12/h3-9H,1-2H3. The van der Waals surface area contributed by atoms with Gasteiger partial charge in [-0.05, 0) is 36.4 Å². The summed E-state index contributed by atoms with van der Waals surface area (Å²) in [5, 5.41) is 0. The predicted molar refractivity (Wildman–Crippen MR) is 71.4 cm³/mol. The zero-order valence-electron chi connectivity index (χ0n) is 11.0. The van der Waals surface area contributed by atoms with Crippen molar-refractivity contribution in [2.45, 2.75) is 9.79 Å². The van der Waals surface area contributed by atoms with Gasteiger partial charge in [-0.2, -0.15) is 0 Å². The molecule has 6 heteroatoms. The SMILES string of the molecule is COc1ccc(OC)c(S(=O)(=O)c2ccc(F)cc2)c1. The number of benzene rings is 2. The van der Waals surface area contributed by atoms with Gasteiger partial charge in [0.2, 0.25) is 9.84 Å². The maximum Gasteiger partial charge on any atom is 0.210 e. The van der Waals surface area contributed by atoms with Crippen molar-refractivity contribution >= 4 is 9.84 Å². The number of halogens is 1. The lowest BCUT2D eigenvalue weighted by Gasteiger charge is -2.11. The average Bonchev–Trinajstić information content (AvgIpc) is 2.47. The fourth-order valence-corrected chi connectivity index (χ4v) is 3.17. The smallest absolute Gasteiger partial charge is 0.210 e. The van der Waals surface area contributed by atoms with Crippen LogP contribution >= 0.6 is 0 Å². The average molecular weight is 296 g/mol. The van der Waals surface area contributed by atoms with E-state index >= 15 is 0 Å². The Morgan fingerprint density at radius 1 is 0.950 bits per heavy atom. The van der Waals surface area contributed by atoms with Crippen molar-refractivity contribution in [2.75, 3.05) is 14.2 Å². The summed E-state index contributed by atoms with van der Waals surface area (Å²) in [7, 11) is -0.982. The summed E-state index contributed by atoms with van der Waals surface area (Å²) in [6.45, 7) is 0. The molecule has 0 saturated heterocycles. The molecule has 0 aliphatic rings. The van der Waals surface area contributed by atoms with Crippen LogP contribution in [0, 0.1) is 5.82 Å². The van der Waals surface area contributed by atoms with E-state index in [0.29, 0.717) is 5.75 Å². The second-order valence-corrected chi connectivity index (χ2v) is 5.89. The van der Waals surface area contributed by atoms with Crippen molar-refractivity contribution < 1.29 is 22.3 Å². The molecule has 0 aromatic heterocycles. The number of rotatable bonds is 4. The lowest BCUT2D eigenvalue weighted by atomic mass is 10.3. The zero-order valence-corrected chi connectivity index (χ0v) is 11.8. The topological polar surface area (TPSA) is 52.6 Å². The monoisotopic (exact) mass is 296 g/mol. The van der Waals surface area contributed by atoms with Crippen LogP contribution in [0.2, 0.25) is 0 Å².